The second-order valence-electron chi connectivity index (χ2n) is 5.87. The van der Waals surface area contributed by atoms with Crippen molar-refractivity contribution < 1.29 is 9.26 Å². The van der Waals surface area contributed by atoms with E-state index in [1.54, 1.807) is 0 Å². The quantitative estimate of drug-likeness (QED) is 0.843. The fourth-order valence-electron chi connectivity index (χ4n) is 2.61. The van der Waals surface area contributed by atoms with Gasteiger partial charge < -0.3 is 9.26 Å². The molecule has 1 aromatic carbocycles. The molecule has 2 atom stereocenters. The number of benzene rings is 1. The van der Waals surface area contributed by atoms with Crippen molar-refractivity contribution >= 4 is 0 Å². The van der Waals surface area contributed by atoms with Gasteiger partial charge >= 0.3 is 0 Å². The molecule has 1 fully saturated rings. The Morgan fingerprint density at radius 3 is 2.76 bits per heavy atom. The Morgan fingerprint density at radius 2 is 2.10 bits per heavy atom. The zero-order valence-electron chi connectivity index (χ0n) is 12.1. The standard InChI is InChI=1S/C16H17N3O2/c1-16(2)12(10-17)14(16)15-18-13(19-21-15)8-9-20-11-6-4-3-5-7-11/h3-7,12,14H,8-9H2,1-2H3. The zero-order valence-corrected chi connectivity index (χ0v) is 12.1. The summed E-state index contributed by atoms with van der Waals surface area (Å²) in [5, 5.41) is 13.1. The highest BCUT2D eigenvalue weighted by atomic mass is 16.5. The van der Waals surface area contributed by atoms with E-state index in [0.29, 0.717) is 24.7 Å². The lowest BCUT2D eigenvalue weighted by Crippen LogP contribution is -2.02. The van der Waals surface area contributed by atoms with Crippen LogP contribution in [-0.4, -0.2) is 16.7 Å². The van der Waals surface area contributed by atoms with Gasteiger partial charge in [0.1, 0.15) is 5.75 Å². The van der Waals surface area contributed by atoms with Gasteiger partial charge in [0.2, 0.25) is 5.89 Å². The van der Waals surface area contributed by atoms with Crippen molar-refractivity contribution in [3.05, 3.63) is 42.0 Å². The first-order valence-corrected chi connectivity index (χ1v) is 7.03. The highest BCUT2D eigenvalue weighted by Crippen LogP contribution is 2.63. The lowest BCUT2D eigenvalue weighted by atomic mass is 10.1. The van der Waals surface area contributed by atoms with Crippen LogP contribution in [0.1, 0.15) is 31.5 Å². The lowest BCUT2D eigenvalue weighted by Gasteiger charge is -2.02. The second-order valence-corrected chi connectivity index (χ2v) is 5.87. The van der Waals surface area contributed by atoms with Crippen molar-refractivity contribution in [2.45, 2.75) is 26.2 Å². The van der Waals surface area contributed by atoms with Gasteiger partial charge in [0.25, 0.3) is 0 Å². The highest BCUT2D eigenvalue weighted by Gasteiger charge is 2.62. The van der Waals surface area contributed by atoms with Crippen LogP contribution in [0.2, 0.25) is 0 Å². The molecule has 1 saturated carbocycles. The summed E-state index contributed by atoms with van der Waals surface area (Å²) in [5.74, 6) is 2.04. The van der Waals surface area contributed by atoms with Gasteiger partial charge in [0, 0.05) is 6.42 Å². The molecule has 2 aromatic rings. The Hall–Kier alpha value is -2.35. The number of ether oxygens (including phenoxy) is 1. The molecule has 0 saturated heterocycles. The summed E-state index contributed by atoms with van der Waals surface area (Å²) in [5.41, 5.74) is -0.0703. The molecule has 21 heavy (non-hydrogen) atoms. The maximum Gasteiger partial charge on any atom is 0.231 e. The number of hydrogen-bond donors (Lipinski definition) is 0. The van der Waals surface area contributed by atoms with Crippen LogP contribution in [0.4, 0.5) is 0 Å². The fraction of sp³-hybridized carbons (Fsp3) is 0.438. The van der Waals surface area contributed by atoms with E-state index >= 15 is 0 Å². The van der Waals surface area contributed by atoms with Gasteiger partial charge in [-0.25, -0.2) is 0 Å². The molecule has 2 unspecified atom stereocenters. The minimum Gasteiger partial charge on any atom is -0.493 e. The van der Waals surface area contributed by atoms with Gasteiger partial charge in [-0.1, -0.05) is 37.2 Å². The molecule has 0 bridgehead atoms. The Kier molecular flexibility index (Phi) is 3.38. The van der Waals surface area contributed by atoms with Crippen LogP contribution in [0.5, 0.6) is 5.75 Å². The van der Waals surface area contributed by atoms with Crippen molar-refractivity contribution in [1.82, 2.24) is 10.1 Å². The predicted octanol–water partition coefficient (Wildman–Crippen LogP) is 2.95. The van der Waals surface area contributed by atoms with Crippen molar-refractivity contribution in [3.8, 4) is 11.8 Å². The van der Waals surface area contributed by atoms with Gasteiger partial charge in [-0.2, -0.15) is 10.2 Å². The maximum atomic E-state index is 9.09. The number of para-hydroxylation sites is 1. The second kappa shape index (κ2) is 5.21. The van der Waals surface area contributed by atoms with E-state index in [1.165, 1.54) is 0 Å². The van der Waals surface area contributed by atoms with Gasteiger partial charge in [0.15, 0.2) is 5.82 Å². The van der Waals surface area contributed by atoms with E-state index in [1.807, 2.05) is 44.2 Å². The molecule has 3 rings (SSSR count). The van der Waals surface area contributed by atoms with E-state index in [-0.39, 0.29) is 17.3 Å². The highest BCUT2D eigenvalue weighted by molar-refractivity contribution is 5.26. The summed E-state index contributed by atoms with van der Waals surface area (Å²) < 4.78 is 10.9. The molecule has 1 aromatic heterocycles. The van der Waals surface area contributed by atoms with Gasteiger partial charge in [0.05, 0.1) is 24.5 Å². The number of aromatic nitrogens is 2. The minimum atomic E-state index is -0.0703. The summed E-state index contributed by atoms with van der Waals surface area (Å²) in [7, 11) is 0. The van der Waals surface area contributed by atoms with Gasteiger partial charge in [-0.15, -0.1) is 0 Å². The molecule has 5 nitrogen and oxygen atoms in total. The summed E-state index contributed by atoms with van der Waals surface area (Å²) >= 11 is 0. The number of nitrogens with zero attached hydrogens (tertiary/aromatic N) is 3. The van der Waals surface area contributed by atoms with Crippen LogP contribution in [0.25, 0.3) is 0 Å². The molecule has 0 amide bonds. The van der Waals surface area contributed by atoms with Crippen LogP contribution < -0.4 is 4.74 Å². The topological polar surface area (TPSA) is 71.9 Å². The number of rotatable bonds is 5. The van der Waals surface area contributed by atoms with Gasteiger partial charge in [-0.05, 0) is 17.5 Å². The van der Waals surface area contributed by atoms with Crippen molar-refractivity contribution in [2.75, 3.05) is 6.61 Å². The molecule has 5 heteroatoms. The van der Waals surface area contributed by atoms with E-state index in [4.69, 9.17) is 14.5 Å². The lowest BCUT2D eigenvalue weighted by molar-refractivity contribution is 0.313. The average molecular weight is 283 g/mol. The first kappa shape index (κ1) is 13.6. The monoisotopic (exact) mass is 283 g/mol. The predicted molar refractivity (Wildman–Crippen MR) is 75.6 cm³/mol. The third-order valence-electron chi connectivity index (χ3n) is 4.05. The van der Waals surface area contributed by atoms with Crippen LogP contribution >= 0.6 is 0 Å². The van der Waals surface area contributed by atoms with E-state index < -0.39 is 0 Å². The Morgan fingerprint density at radius 1 is 1.33 bits per heavy atom. The first-order valence-electron chi connectivity index (χ1n) is 7.03. The maximum absolute atomic E-state index is 9.09. The molecular weight excluding hydrogens is 266 g/mol. The first-order chi connectivity index (χ1) is 10.1. The smallest absolute Gasteiger partial charge is 0.231 e. The van der Waals surface area contributed by atoms with Crippen molar-refractivity contribution in [1.29, 1.82) is 5.26 Å². The zero-order chi connectivity index (χ0) is 14.9. The van der Waals surface area contributed by atoms with E-state index in [0.717, 1.165) is 5.75 Å². The third kappa shape index (κ3) is 2.62. The summed E-state index contributed by atoms with van der Waals surface area (Å²) in [6.45, 7) is 4.60. The third-order valence-corrected chi connectivity index (χ3v) is 4.05. The van der Waals surface area contributed by atoms with E-state index in [9.17, 15) is 0 Å². The SMILES string of the molecule is CC1(C)C(C#N)C1c1nc(CCOc2ccccc2)no1. The molecule has 1 aliphatic rings. The van der Waals surface area contributed by atoms with E-state index in [2.05, 4.69) is 16.2 Å². The molecule has 108 valence electrons. The number of hydrogen-bond acceptors (Lipinski definition) is 5. The molecule has 0 spiro atoms. The molecule has 1 heterocycles. The van der Waals surface area contributed by atoms with Crippen LogP contribution in [0.3, 0.4) is 0 Å². The van der Waals surface area contributed by atoms with Crippen molar-refractivity contribution in [3.63, 3.8) is 0 Å². The van der Waals surface area contributed by atoms with Crippen LogP contribution in [0.15, 0.2) is 34.9 Å². The van der Waals surface area contributed by atoms with Gasteiger partial charge in [-0.3, -0.25) is 0 Å². The molecule has 1 aliphatic carbocycles. The Balaban J connectivity index is 1.56. The average Bonchev–Trinajstić information content (AvgIpc) is 2.83. The normalized spacial score (nSPS) is 22.5. The molecule has 0 aliphatic heterocycles. The fourth-order valence-corrected chi connectivity index (χ4v) is 2.61. The van der Waals surface area contributed by atoms with Crippen LogP contribution in [-0.2, 0) is 6.42 Å². The molecule has 0 N–H and O–H groups in total. The summed E-state index contributed by atoms with van der Waals surface area (Å²) in [4.78, 5) is 4.39. The number of nitriles is 1. The summed E-state index contributed by atoms with van der Waals surface area (Å²) in [6, 6.07) is 11.9. The minimum absolute atomic E-state index is 0.0358. The Bertz CT molecular complexity index is 658. The largest absolute Gasteiger partial charge is 0.493 e. The Labute approximate surface area is 123 Å². The van der Waals surface area contributed by atoms with Crippen LogP contribution in [0, 0.1) is 22.7 Å². The summed E-state index contributed by atoms with van der Waals surface area (Å²) in [6.07, 6.45) is 0.586. The molecule has 0 radical (unpaired) electrons. The molecular formula is C16H17N3O2. The van der Waals surface area contributed by atoms with Crippen molar-refractivity contribution in [2.24, 2.45) is 11.3 Å².